The molecule has 5 heteroatoms. The van der Waals surface area contributed by atoms with Gasteiger partial charge in [0.25, 0.3) is 0 Å². The van der Waals surface area contributed by atoms with Crippen LogP contribution in [0.25, 0.3) is 0 Å². The molecular formula is C15H16Br2FNS. The molecule has 0 fully saturated rings. The summed E-state index contributed by atoms with van der Waals surface area (Å²) in [5.74, 6) is -0.155. The summed E-state index contributed by atoms with van der Waals surface area (Å²) in [6.07, 6.45) is 1.82. The number of hydrogen-bond acceptors (Lipinski definition) is 2. The summed E-state index contributed by atoms with van der Waals surface area (Å²) < 4.78 is 16.1. The molecule has 20 heavy (non-hydrogen) atoms. The largest absolute Gasteiger partial charge is 0.310 e. The molecule has 2 rings (SSSR count). The van der Waals surface area contributed by atoms with E-state index < -0.39 is 0 Å². The Morgan fingerprint density at radius 3 is 2.70 bits per heavy atom. The Morgan fingerprint density at radius 1 is 1.25 bits per heavy atom. The van der Waals surface area contributed by atoms with Gasteiger partial charge in [-0.3, -0.25) is 0 Å². The minimum atomic E-state index is -0.155. The van der Waals surface area contributed by atoms with E-state index in [9.17, 15) is 4.39 Å². The minimum Gasteiger partial charge on any atom is -0.310 e. The summed E-state index contributed by atoms with van der Waals surface area (Å²) in [6, 6.07) is 9.24. The summed E-state index contributed by atoms with van der Waals surface area (Å²) in [5, 5.41) is 3.44. The van der Waals surface area contributed by atoms with Gasteiger partial charge in [0.1, 0.15) is 5.82 Å². The van der Waals surface area contributed by atoms with Gasteiger partial charge in [0, 0.05) is 27.4 Å². The topological polar surface area (TPSA) is 12.0 Å². The van der Waals surface area contributed by atoms with Crippen molar-refractivity contribution in [1.82, 2.24) is 5.32 Å². The zero-order valence-electron chi connectivity index (χ0n) is 11.1. The Balaban J connectivity index is 2.24. The molecule has 0 saturated carbocycles. The smallest absolute Gasteiger partial charge is 0.128 e. The lowest BCUT2D eigenvalue weighted by Crippen LogP contribution is -2.24. The number of thiophene rings is 1. The van der Waals surface area contributed by atoms with Crippen molar-refractivity contribution < 1.29 is 4.39 Å². The number of hydrogen-bond donors (Lipinski definition) is 1. The number of halogens is 3. The van der Waals surface area contributed by atoms with E-state index in [0.717, 1.165) is 33.2 Å². The van der Waals surface area contributed by atoms with Crippen LogP contribution in [0.2, 0.25) is 0 Å². The first kappa shape index (κ1) is 16.1. The van der Waals surface area contributed by atoms with Crippen LogP contribution in [0, 0.1) is 5.82 Å². The highest BCUT2D eigenvalue weighted by molar-refractivity contribution is 9.11. The molecule has 2 aromatic rings. The van der Waals surface area contributed by atoms with Gasteiger partial charge >= 0.3 is 0 Å². The highest BCUT2D eigenvalue weighted by atomic mass is 79.9. The van der Waals surface area contributed by atoms with Gasteiger partial charge in [-0.05, 0) is 59.2 Å². The van der Waals surface area contributed by atoms with Crippen molar-refractivity contribution in [2.75, 3.05) is 6.54 Å². The number of rotatable bonds is 6. The fourth-order valence-electron chi connectivity index (χ4n) is 2.05. The molecule has 0 bridgehead atoms. The van der Waals surface area contributed by atoms with Gasteiger partial charge in [-0.25, -0.2) is 4.39 Å². The van der Waals surface area contributed by atoms with Gasteiger partial charge in [0.15, 0.2) is 0 Å². The third-order valence-corrected chi connectivity index (χ3v) is 5.15. The summed E-state index contributed by atoms with van der Waals surface area (Å²) in [5.41, 5.74) is 0.720. The Kier molecular flexibility index (Phi) is 6.20. The van der Waals surface area contributed by atoms with Crippen molar-refractivity contribution in [1.29, 1.82) is 0 Å². The second-order valence-corrected chi connectivity index (χ2v) is 8.05. The van der Waals surface area contributed by atoms with Crippen LogP contribution < -0.4 is 5.32 Å². The Morgan fingerprint density at radius 2 is 2.05 bits per heavy atom. The third kappa shape index (κ3) is 4.38. The van der Waals surface area contributed by atoms with Crippen LogP contribution in [0.1, 0.15) is 29.8 Å². The molecular weight excluding hydrogens is 405 g/mol. The Hall–Kier alpha value is -0.230. The van der Waals surface area contributed by atoms with Crippen molar-refractivity contribution in [3.8, 4) is 0 Å². The van der Waals surface area contributed by atoms with Crippen molar-refractivity contribution >= 4 is 43.2 Å². The van der Waals surface area contributed by atoms with Gasteiger partial charge in [0.2, 0.25) is 0 Å². The van der Waals surface area contributed by atoms with Crippen LogP contribution in [-0.2, 0) is 6.42 Å². The lowest BCUT2D eigenvalue weighted by atomic mass is 10.0. The molecule has 108 valence electrons. The molecule has 0 radical (unpaired) electrons. The second kappa shape index (κ2) is 7.69. The molecule has 1 unspecified atom stereocenters. The molecule has 1 nitrogen and oxygen atoms in total. The summed E-state index contributed by atoms with van der Waals surface area (Å²) in [7, 11) is 0. The van der Waals surface area contributed by atoms with E-state index in [4.69, 9.17) is 0 Å². The average Bonchev–Trinajstić information content (AvgIpc) is 2.83. The molecule has 0 amide bonds. The fraction of sp³-hybridized carbons (Fsp3) is 0.333. The maximum Gasteiger partial charge on any atom is 0.128 e. The van der Waals surface area contributed by atoms with Gasteiger partial charge in [-0.2, -0.15) is 0 Å². The van der Waals surface area contributed by atoms with Gasteiger partial charge in [0.05, 0.1) is 3.79 Å². The lowest BCUT2D eigenvalue weighted by molar-refractivity contribution is 0.499. The van der Waals surface area contributed by atoms with E-state index in [2.05, 4.69) is 50.2 Å². The molecule has 0 spiro atoms. The van der Waals surface area contributed by atoms with Crippen LogP contribution in [0.15, 0.2) is 38.6 Å². The van der Waals surface area contributed by atoms with Crippen LogP contribution in [0.3, 0.4) is 0 Å². The maximum absolute atomic E-state index is 14.1. The lowest BCUT2D eigenvalue weighted by Gasteiger charge is -2.19. The van der Waals surface area contributed by atoms with E-state index in [1.54, 1.807) is 17.4 Å². The van der Waals surface area contributed by atoms with E-state index in [-0.39, 0.29) is 11.9 Å². The van der Waals surface area contributed by atoms with E-state index in [1.165, 1.54) is 10.9 Å². The molecule has 1 heterocycles. The molecule has 1 aromatic carbocycles. The van der Waals surface area contributed by atoms with E-state index >= 15 is 0 Å². The predicted molar refractivity (Wildman–Crippen MR) is 90.9 cm³/mol. The number of benzene rings is 1. The van der Waals surface area contributed by atoms with Crippen molar-refractivity contribution in [2.45, 2.75) is 25.8 Å². The van der Waals surface area contributed by atoms with Gasteiger partial charge in [-0.15, -0.1) is 11.3 Å². The molecule has 0 aliphatic heterocycles. The summed E-state index contributed by atoms with van der Waals surface area (Å²) >= 11 is 8.59. The van der Waals surface area contributed by atoms with Crippen LogP contribution in [-0.4, -0.2) is 6.54 Å². The fourth-order valence-corrected chi connectivity index (χ4v) is 3.96. The van der Waals surface area contributed by atoms with E-state index in [0.29, 0.717) is 0 Å². The summed E-state index contributed by atoms with van der Waals surface area (Å²) in [4.78, 5) is 1.24. The molecule has 0 aliphatic carbocycles. The quantitative estimate of drug-likeness (QED) is 0.632. The third-order valence-electron chi connectivity index (χ3n) is 3.01. The first-order valence-corrected chi connectivity index (χ1v) is 8.93. The first-order valence-electron chi connectivity index (χ1n) is 6.52. The highest BCUT2D eigenvalue weighted by Gasteiger charge is 2.17. The Labute approximate surface area is 139 Å². The van der Waals surface area contributed by atoms with Gasteiger partial charge < -0.3 is 5.32 Å². The SMILES string of the molecule is CCCNC(Cc1ccc(Br)s1)c1cc(Br)ccc1F. The zero-order chi connectivity index (χ0) is 14.5. The second-order valence-electron chi connectivity index (χ2n) is 4.58. The minimum absolute atomic E-state index is 0.00185. The molecule has 0 saturated heterocycles. The molecule has 1 atom stereocenters. The first-order chi connectivity index (χ1) is 9.60. The van der Waals surface area contributed by atoms with Gasteiger partial charge in [-0.1, -0.05) is 22.9 Å². The zero-order valence-corrected chi connectivity index (χ0v) is 15.1. The van der Waals surface area contributed by atoms with Crippen molar-refractivity contribution in [3.63, 3.8) is 0 Å². The van der Waals surface area contributed by atoms with E-state index in [1.807, 2.05) is 12.1 Å². The van der Waals surface area contributed by atoms with Crippen LogP contribution >= 0.6 is 43.2 Å². The maximum atomic E-state index is 14.1. The molecule has 0 aliphatic rings. The van der Waals surface area contributed by atoms with Crippen LogP contribution in [0.4, 0.5) is 4.39 Å². The molecule has 1 aromatic heterocycles. The van der Waals surface area contributed by atoms with Crippen molar-refractivity contribution in [2.24, 2.45) is 0 Å². The molecule has 1 N–H and O–H groups in total. The van der Waals surface area contributed by atoms with Crippen LogP contribution in [0.5, 0.6) is 0 Å². The summed E-state index contributed by atoms with van der Waals surface area (Å²) in [6.45, 7) is 2.99. The predicted octanol–water partition coefficient (Wildman–Crippen LogP) is 5.70. The Bertz CT molecular complexity index is 571. The monoisotopic (exact) mass is 419 g/mol. The van der Waals surface area contributed by atoms with Crippen molar-refractivity contribution in [3.05, 3.63) is 54.8 Å². The highest BCUT2D eigenvalue weighted by Crippen LogP contribution is 2.29. The average molecular weight is 421 g/mol. The number of nitrogens with one attached hydrogen (secondary N) is 1. The standard InChI is InChI=1S/C15H16Br2FNS/c1-2-7-19-14(9-11-4-6-15(17)20-11)12-8-10(16)3-5-13(12)18/h3-6,8,14,19H,2,7,9H2,1H3. The normalized spacial score (nSPS) is 12.6.